The molecule has 124 valence electrons. The molecule has 1 spiro atoms. The highest BCUT2D eigenvalue weighted by Crippen LogP contribution is 2.54. The number of benzene rings is 1. The second kappa shape index (κ2) is 5.24. The number of hydrogen-bond donors (Lipinski definition) is 1. The fourth-order valence-electron chi connectivity index (χ4n) is 4.68. The fourth-order valence-corrected chi connectivity index (χ4v) is 4.68. The van der Waals surface area contributed by atoms with Gasteiger partial charge in [-0.3, -0.25) is 4.79 Å². The molecule has 1 N–H and O–H groups in total. The Labute approximate surface area is 133 Å². The molecule has 0 aromatic heterocycles. The second-order valence-corrected chi connectivity index (χ2v) is 7.06. The summed E-state index contributed by atoms with van der Waals surface area (Å²) in [6, 6.07) is 3.01. The van der Waals surface area contributed by atoms with Crippen LogP contribution in [0, 0.1) is 23.5 Å². The molecule has 1 aromatic carbocycles. The van der Waals surface area contributed by atoms with E-state index in [4.69, 9.17) is 4.74 Å². The van der Waals surface area contributed by atoms with Crippen LogP contribution in [0.2, 0.25) is 0 Å². The minimum atomic E-state index is -0.830. The lowest BCUT2D eigenvalue weighted by Crippen LogP contribution is -2.42. The minimum Gasteiger partial charge on any atom is -0.370 e. The van der Waals surface area contributed by atoms with Crippen LogP contribution in [0.5, 0.6) is 0 Å². The average Bonchev–Trinajstić information content (AvgIpc) is 3.11. The van der Waals surface area contributed by atoms with Crippen molar-refractivity contribution in [2.24, 2.45) is 11.8 Å². The first kappa shape index (κ1) is 15.0. The number of amides is 1. The minimum absolute atomic E-state index is 0.0457. The summed E-state index contributed by atoms with van der Waals surface area (Å²) in [5.74, 6) is -1.32. The molecule has 2 bridgehead atoms. The third-order valence-corrected chi connectivity index (χ3v) is 5.63. The quantitative estimate of drug-likeness (QED) is 0.923. The Morgan fingerprint density at radius 3 is 3.09 bits per heavy atom. The lowest BCUT2D eigenvalue weighted by atomic mass is 9.73. The molecule has 3 heterocycles. The van der Waals surface area contributed by atoms with E-state index in [0.29, 0.717) is 12.5 Å². The van der Waals surface area contributed by atoms with Gasteiger partial charge in [-0.05, 0) is 32.0 Å². The topological polar surface area (TPSA) is 41.6 Å². The third kappa shape index (κ3) is 2.35. The van der Waals surface area contributed by atoms with Crippen molar-refractivity contribution >= 4 is 5.91 Å². The van der Waals surface area contributed by atoms with E-state index in [1.165, 1.54) is 6.07 Å². The summed E-state index contributed by atoms with van der Waals surface area (Å²) in [5, 5.41) is 2.81. The summed E-state index contributed by atoms with van der Waals surface area (Å²) in [5.41, 5.74) is -0.163. The van der Waals surface area contributed by atoms with E-state index in [0.717, 1.165) is 38.1 Å². The molecule has 4 rings (SSSR count). The SMILES string of the molecule is CN1C[C@@H]2[C@H](CNC(=O)c3ccc(F)cc3F)[C@H]3CC[C@]2(C1)O3. The Kier molecular flexibility index (Phi) is 3.43. The highest BCUT2D eigenvalue weighted by Gasteiger charge is 2.62. The van der Waals surface area contributed by atoms with E-state index in [2.05, 4.69) is 17.3 Å². The number of rotatable bonds is 3. The molecule has 3 aliphatic heterocycles. The Balaban J connectivity index is 1.44. The standard InChI is InChI=1S/C17H20F2N2O2/c1-21-8-13-12(15-4-5-17(13,9-21)23-15)7-20-16(22)11-3-2-10(18)6-14(11)19/h2-3,6,12-13,15H,4-5,7-9H2,1H3,(H,20,22)/t12-,13+,15+,17+/m0/s1. The number of carbonyl (C=O) groups excluding carboxylic acids is 1. The normalized spacial score (nSPS) is 35.5. The summed E-state index contributed by atoms with van der Waals surface area (Å²) in [7, 11) is 2.09. The lowest BCUT2D eigenvalue weighted by molar-refractivity contribution is 0.00472. The molecule has 1 aromatic rings. The van der Waals surface area contributed by atoms with Gasteiger partial charge in [0.05, 0.1) is 17.3 Å². The number of nitrogens with zero attached hydrogens (tertiary/aromatic N) is 1. The molecule has 4 nitrogen and oxygen atoms in total. The number of likely N-dealkylation sites (N-methyl/N-ethyl adjacent to an activating group) is 1. The predicted octanol–water partition coefficient (Wildman–Crippen LogP) is 1.80. The first-order valence-electron chi connectivity index (χ1n) is 8.08. The predicted molar refractivity (Wildman–Crippen MR) is 80.0 cm³/mol. The van der Waals surface area contributed by atoms with Crippen LogP contribution in [0.3, 0.4) is 0 Å². The van der Waals surface area contributed by atoms with Gasteiger partial charge in [0, 0.05) is 37.5 Å². The lowest BCUT2D eigenvalue weighted by Gasteiger charge is -2.29. The summed E-state index contributed by atoms with van der Waals surface area (Å²) < 4.78 is 32.8. The molecular weight excluding hydrogens is 302 g/mol. The maximum atomic E-state index is 13.7. The van der Waals surface area contributed by atoms with Crippen molar-refractivity contribution in [1.82, 2.24) is 10.2 Å². The number of likely N-dealkylation sites (tertiary alicyclic amines) is 1. The van der Waals surface area contributed by atoms with Gasteiger partial charge in [-0.1, -0.05) is 0 Å². The van der Waals surface area contributed by atoms with E-state index < -0.39 is 17.5 Å². The Morgan fingerprint density at radius 2 is 2.30 bits per heavy atom. The molecular formula is C17H20F2N2O2. The molecule has 1 amide bonds. The van der Waals surface area contributed by atoms with E-state index in [1.807, 2.05) is 0 Å². The van der Waals surface area contributed by atoms with E-state index in [1.54, 1.807) is 0 Å². The molecule has 6 heteroatoms. The summed E-state index contributed by atoms with van der Waals surface area (Å²) in [6.07, 6.45) is 2.30. The van der Waals surface area contributed by atoms with Crippen LogP contribution < -0.4 is 5.32 Å². The summed E-state index contributed by atoms with van der Waals surface area (Å²) >= 11 is 0. The zero-order chi connectivity index (χ0) is 16.2. The van der Waals surface area contributed by atoms with Crippen LogP contribution in [0.4, 0.5) is 8.78 Å². The molecule has 4 atom stereocenters. The van der Waals surface area contributed by atoms with Gasteiger partial charge in [-0.15, -0.1) is 0 Å². The molecule has 3 saturated heterocycles. The number of hydrogen-bond acceptors (Lipinski definition) is 3. The Bertz CT molecular complexity index is 653. The molecule has 0 saturated carbocycles. The van der Waals surface area contributed by atoms with Crippen molar-refractivity contribution in [2.45, 2.75) is 24.5 Å². The smallest absolute Gasteiger partial charge is 0.254 e. The maximum Gasteiger partial charge on any atom is 0.254 e. The molecule has 0 aliphatic carbocycles. The largest absolute Gasteiger partial charge is 0.370 e. The number of fused-ring (bicyclic) bond motifs is 1. The maximum absolute atomic E-state index is 13.7. The molecule has 0 unspecified atom stereocenters. The number of halogens is 2. The van der Waals surface area contributed by atoms with Gasteiger partial charge < -0.3 is 15.0 Å². The molecule has 0 radical (unpaired) electrons. The summed E-state index contributed by atoms with van der Waals surface area (Å²) in [4.78, 5) is 14.4. The zero-order valence-corrected chi connectivity index (χ0v) is 13.0. The van der Waals surface area contributed by atoms with Crippen LogP contribution in [0.1, 0.15) is 23.2 Å². The first-order chi connectivity index (χ1) is 11.0. The van der Waals surface area contributed by atoms with Crippen LogP contribution in [0.15, 0.2) is 18.2 Å². The van der Waals surface area contributed by atoms with Crippen molar-refractivity contribution in [3.05, 3.63) is 35.4 Å². The van der Waals surface area contributed by atoms with Gasteiger partial charge in [0.1, 0.15) is 11.6 Å². The van der Waals surface area contributed by atoms with Gasteiger partial charge in [-0.2, -0.15) is 0 Å². The number of nitrogens with one attached hydrogen (secondary N) is 1. The third-order valence-electron chi connectivity index (χ3n) is 5.63. The van der Waals surface area contributed by atoms with Crippen LogP contribution in [0.25, 0.3) is 0 Å². The molecule has 3 aliphatic rings. The van der Waals surface area contributed by atoms with E-state index in [-0.39, 0.29) is 23.2 Å². The van der Waals surface area contributed by atoms with Crippen molar-refractivity contribution < 1.29 is 18.3 Å². The van der Waals surface area contributed by atoms with Crippen LogP contribution >= 0.6 is 0 Å². The van der Waals surface area contributed by atoms with Gasteiger partial charge in [0.2, 0.25) is 0 Å². The van der Waals surface area contributed by atoms with Crippen molar-refractivity contribution in [3.63, 3.8) is 0 Å². The van der Waals surface area contributed by atoms with Crippen molar-refractivity contribution in [3.8, 4) is 0 Å². The molecule has 3 fully saturated rings. The number of ether oxygens (including phenoxy) is 1. The van der Waals surface area contributed by atoms with Crippen LogP contribution in [-0.4, -0.2) is 49.2 Å². The second-order valence-electron chi connectivity index (χ2n) is 7.06. The van der Waals surface area contributed by atoms with Crippen LogP contribution in [-0.2, 0) is 4.74 Å². The van der Waals surface area contributed by atoms with Crippen molar-refractivity contribution in [1.29, 1.82) is 0 Å². The zero-order valence-electron chi connectivity index (χ0n) is 13.0. The van der Waals surface area contributed by atoms with Gasteiger partial charge in [0.15, 0.2) is 0 Å². The monoisotopic (exact) mass is 322 g/mol. The van der Waals surface area contributed by atoms with Gasteiger partial charge >= 0.3 is 0 Å². The van der Waals surface area contributed by atoms with Crippen molar-refractivity contribution in [2.75, 3.05) is 26.7 Å². The Hall–Kier alpha value is -1.53. The highest BCUT2D eigenvalue weighted by atomic mass is 19.1. The van der Waals surface area contributed by atoms with E-state index >= 15 is 0 Å². The number of carbonyl (C=O) groups is 1. The average molecular weight is 322 g/mol. The van der Waals surface area contributed by atoms with Gasteiger partial charge in [-0.25, -0.2) is 8.78 Å². The van der Waals surface area contributed by atoms with E-state index in [9.17, 15) is 13.6 Å². The summed E-state index contributed by atoms with van der Waals surface area (Å²) in [6.45, 7) is 2.40. The van der Waals surface area contributed by atoms with Gasteiger partial charge in [0.25, 0.3) is 5.91 Å². The first-order valence-corrected chi connectivity index (χ1v) is 8.08. The fraction of sp³-hybridized carbons (Fsp3) is 0.588. The highest BCUT2D eigenvalue weighted by molar-refractivity contribution is 5.94. The molecule has 23 heavy (non-hydrogen) atoms. The Morgan fingerprint density at radius 1 is 1.48 bits per heavy atom.